The first-order chi connectivity index (χ1) is 38.3. The molecule has 11 rings (SSSR count). The van der Waals surface area contributed by atoms with Gasteiger partial charge in [0.2, 0.25) is 0 Å². The fourth-order valence-electron chi connectivity index (χ4n) is 9.70. The van der Waals surface area contributed by atoms with Gasteiger partial charge in [0.05, 0.1) is 4.11 Å². The molecule has 0 unspecified atom stereocenters. The minimum absolute atomic E-state index is 0. The Morgan fingerprint density at radius 3 is 1.99 bits per heavy atom. The molecule has 0 fully saturated rings. The third-order valence-corrected chi connectivity index (χ3v) is 13.7. The molecule has 0 aliphatic carbocycles. The Bertz CT molecular complexity index is 4100. The summed E-state index contributed by atoms with van der Waals surface area (Å²) in [6.45, 7) is 13.4. The molecule has 5 nitrogen and oxygen atoms in total. The van der Waals surface area contributed by atoms with Crippen molar-refractivity contribution >= 4 is 44.6 Å². The summed E-state index contributed by atoms with van der Waals surface area (Å²) in [7, 11) is 0. The molecule has 0 spiro atoms. The van der Waals surface area contributed by atoms with Gasteiger partial charge < -0.3 is 19.1 Å². The average molecular weight is 1140 g/mol. The molecule has 368 valence electrons. The Labute approximate surface area is 459 Å². The van der Waals surface area contributed by atoms with Crippen LogP contribution in [0.5, 0.6) is 11.5 Å². The minimum atomic E-state index is -2.75. The number of hydrogen-bond donors (Lipinski definition) is 0. The van der Waals surface area contributed by atoms with E-state index in [0.29, 0.717) is 45.3 Å². The maximum absolute atomic E-state index is 9.78. The molecule has 0 radical (unpaired) electrons. The van der Waals surface area contributed by atoms with Crippen molar-refractivity contribution in [2.45, 2.75) is 85.8 Å². The number of pyridine rings is 1. The zero-order valence-corrected chi connectivity index (χ0v) is 44.5. The number of aryl methyl sites for hydroxylation is 2. The second kappa shape index (κ2) is 19.3. The summed E-state index contributed by atoms with van der Waals surface area (Å²) in [5.41, 5.74) is 8.84. The maximum atomic E-state index is 9.78. The predicted molar refractivity (Wildman–Crippen MR) is 301 cm³/mol. The molecule has 1 aliphatic rings. The molecule has 0 bridgehead atoms. The van der Waals surface area contributed by atoms with Crippen molar-refractivity contribution in [3.8, 4) is 50.7 Å². The Morgan fingerprint density at radius 2 is 1.26 bits per heavy atom. The van der Waals surface area contributed by atoms with Gasteiger partial charge in [0.15, 0.2) is 0 Å². The molecule has 0 amide bonds. The second-order valence-corrected chi connectivity index (χ2v) is 21.0. The molecule has 1 aliphatic heterocycles. The molecule has 10 aromatic rings. The van der Waals surface area contributed by atoms with Crippen LogP contribution in [0.25, 0.3) is 61.0 Å². The third kappa shape index (κ3) is 9.30. The molecule has 73 heavy (non-hydrogen) atoms. The van der Waals surface area contributed by atoms with E-state index in [1.54, 1.807) is 24.3 Å². The summed E-state index contributed by atoms with van der Waals surface area (Å²) in [6, 6.07) is 53.8. The second-order valence-electron chi connectivity index (χ2n) is 21.0. The van der Waals surface area contributed by atoms with E-state index in [0.717, 1.165) is 50.0 Å². The molecule has 3 heterocycles. The van der Waals surface area contributed by atoms with Gasteiger partial charge in [0, 0.05) is 80.7 Å². The molecule has 0 saturated carbocycles. The molecule has 6 heteroatoms. The van der Waals surface area contributed by atoms with Gasteiger partial charge in [-0.15, -0.1) is 48.1 Å². The number of ether oxygens (including phenoxy) is 1. The fraction of sp³-hybridized carbons (Fsp3) is 0.194. The third-order valence-electron chi connectivity index (χ3n) is 13.7. The molecular weight excluding hydrogens is 1070 g/mol. The van der Waals surface area contributed by atoms with Crippen LogP contribution in [0.2, 0.25) is 0 Å². The number of fused-ring (bicyclic) bond motifs is 4. The van der Waals surface area contributed by atoms with Gasteiger partial charge >= 0.3 is 0 Å². The van der Waals surface area contributed by atoms with Crippen molar-refractivity contribution in [3.05, 3.63) is 223 Å². The minimum Gasteiger partial charge on any atom is -0.509 e. The number of benzene rings is 8. The first-order valence-corrected chi connectivity index (χ1v) is 24.5. The van der Waals surface area contributed by atoms with E-state index in [1.165, 1.54) is 6.07 Å². The van der Waals surface area contributed by atoms with Gasteiger partial charge in [-0.2, -0.15) is 12.1 Å². The van der Waals surface area contributed by atoms with Crippen molar-refractivity contribution in [3.63, 3.8) is 0 Å². The molecule has 2 aromatic heterocycles. The SMILES string of the molecule is [2H]c1c([2H])c(-c2ccc(C(C)(C)C)cc2)c(N2[CH-]N(c3[c-]c(Oc4[c-]c5c(cc4)c4ccccc4n5-c4cc(C(C)(C)C)ccn4)ccc3)c3ccccc32)c(-c2ccc(-c3ccc(C(C)C)cc3C([2H])([2H])[2H])c(C([2H])([2H])[2H])c2)c1[2H].[Pt]. The first-order valence-electron chi connectivity index (χ1n) is 29.0. The van der Waals surface area contributed by atoms with Gasteiger partial charge in [-0.1, -0.05) is 170 Å². The van der Waals surface area contributed by atoms with E-state index in [1.807, 2.05) is 134 Å². The topological polar surface area (TPSA) is 33.5 Å². The Morgan fingerprint density at radius 1 is 0.603 bits per heavy atom. The Balaban J connectivity index is 0.00000753. The number of anilines is 4. The number of nitrogens with zero attached hydrogens (tertiary/aromatic N) is 4. The molecule has 0 saturated heterocycles. The van der Waals surface area contributed by atoms with Crippen LogP contribution < -0.4 is 14.5 Å². The van der Waals surface area contributed by atoms with Crippen LogP contribution in [-0.4, -0.2) is 9.55 Å². The normalized spacial score (nSPS) is 14.8. The largest absolute Gasteiger partial charge is 0.509 e. The smallest absolute Gasteiger partial charge is 0.135 e. The number of aromatic nitrogens is 2. The number of rotatable bonds is 9. The van der Waals surface area contributed by atoms with Gasteiger partial charge in [-0.05, 0) is 116 Å². The van der Waals surface area contributed by atoms with Gasteiger partial charge in [-0.25, -0.2) is 4.98 Å². The summed E-state index contributed by atoms with van der Waals surface area (Å²) in [4.78, 5) is 8.69. The first kappa shape index (κ1) is 39.3. The van der Waals surface area contributed by atoms with Gasteiger partial charge in [-0.3, -0.25) is 0 Å². The van der Waals surface area contributed by atoms with Crippen molar-refractivity contribution in [2.24, 2.45) is 0 Å². The fourth-order valence-corrected chi connectivity index (χ4v) is 9.70. The maximum Gasteiger partial charge on any atom is 0.135 e. The quantitative estimate of drug-likeness (QED) is 0.135. The number of hydrogen-bond acceptors (Lipinski definition) is 4. The summed E-state index contributed by atoms with van der Waals surface area (Å²) in [5, 5.41) is 2.06. The van der Waals surface area contributed by atoms with Gasteiger partial charge in [0.25, 0.3) is 0 Å². The van der Waals surface area contributed by atoms with Crippen LogP contribution in [0.4, 0.5) is 22.7 Å². The van der Waals surface area contributed by atoms with Crippen LogP contribution in [0.15, 0.2) is 176 Å². The summed E-state index contributed by atoms with van der Waals surface area (Å²) < 4.78 is 90.1. The molecular formula is C67H61N4OPt-3. The average Bonchev–Trinajstić information content (AvgIpc) is 2.00. The number of para-hydroxylation sites is 4. The molecule has 0 N–H and O–H groups in total. The van der Waals surface area contributed by atoms with Crippen LogP contribution in [0.3, 0.4) is 0 Å². The zero-order chi connectivity index (χ0) is 57.7. The summed E-state index contributed by atoms with van der Waals surface area (Å²) in [5.74, 6) is 1.69. The van der Waals surface area contributed by atoms with E-state index >= 15 is 0 Å². The van der Waals surface area contributed by atoms with E-state index < -0.39 is 13.7 Å². The van der Waals surface area contributed by atoms with E-state index in [9.17, 15) is 4.11 Å². The van der Waals surface area contributed by atoms with Crippen molar-refractivity contribution < 1.29 is 38.1 Å². The van der Waals surface area contributed by atoms with E-state index in [4.69, 9.17) is 17.9 Å². The van der Waals surface area contributed by atoms with Crippen molar-refractivity contribution in [2.75, 3.05) is 9.80 Å². The van der Waals surface area contributed by atoms with Crippen LogP contribution in [0.1, 0.15) is 101 Å². The van der Waals surface area contributed by atoms with Crippen molar-refractivity contribution in [1.82, 2.24) is 9.55 Å². The summed E-state index contributed by atoms with van der Waals surface area (Å²) in [6.07, 6.45) is 1.85. The standard InChI is InChI=1S/C67H61N4O.Pt/c1-43(2)47-27-32-54(44(3)37-47)55-33-28-48(38-45(55)4)57-21-16-20-56(46-25-29-49(30-26-46)66(5,6)7)65(57)70-42-69(61-23-13-14-24-62(61)70)51-17-15-18-52(40-51)72-53-31-34-59-58-19-11-12-22-60(58)71(63(59)41-53)64-39-50(35-36-68-64)67(8,9)10;/h11-39,42-43H,1-10H3;/q-3;/i3D3,4D3,16D,20D,21D;. The van der Waals surface area contributed by atoms with Crippen molar-refractivity contribution in [1.29, 1.82) is 0 Å². The van der Waals surface area contributed by atoms with Gasteiger partial charge in [0.1, 0.15) is 5.82 Å². The monoisotopic (exact) mass is 1140 g/mol. The van der Waals surface area contributed by atoms with Crippen LogP contribution >= 0.6 is 0 Å². The predicted octanol–water partition coefficient (Wildman–Crippen LogP) is 18.3. The summed E-state index contributed by atoms with van der Waals surface area (Å²) >= 11 is 0. The Hall–Kier alpha value is -7.20. The molecule has 0 atom stereocenters. The molecule has 8 aromatic carbocycles. The van der Waals surface area contributed by atoms with Crippen LogP contribution in [-0.2, 0) is 31.9 Å². The van der Waals surface area contributed by atoms with E-state index in [-0.39, 0.29) is 83.8 Å². The van der Waals surface area contributed by atoms with E-state index in [2.05, 4.69) is 82.5 Å². The zero-order valence-electron chi connectivity index (χ0n) is 51.2. The van der Waals surface area contributed by atoms with Crippen LogP contribution in [0, 0.1) is 32.5 Å². The Kier molecular flexibility index (Phi) is 10.4.